The molecule has 0 unspecified atom stereocenters. The van der Waals surface area contributed by atoms with Gasteiger partial charge in [-0.25, -0.2) is 13.4 Å². The maximum atomic E-state index is 11.9. The first kappa shape index (κ1) is 14.5. The van der Waals surface area contributed by atoms with Gasteiger partial charge < -0.3 is 0 Å². The van der Waals surface area contributed by atoms with Gasteiger partial charge in [0.15, 0.2) is 21.7 Å². The number of hydrogen-bond donors (Lipinski definition) is 1. The minimum atomic E-state index is -4.65. The maximum absolute atomic E-state index is 11.9. The molecule has 106 valence electrons. The van der Waals surface area contributed by atoms with Gasteiger partial charge in [-0.15, -0.1) is 11.3 Å². The summed E-state index contributed by atoms with van der Waals surface area (Å²) in [6.45, 7) is -1.75. The highest BCUT2D eigenvalue weighted by Crippen LogP contribution is 2.25. The van der Waals surface area contributed by atoms with Gasteiger partial charge in [0.25, 0.3) is 10.0 Å². The van der Waals surface area contributed by atoms with Crippen LogP contribution in [0.15, 0.2) is 16.6 Å². The second-order valence-electron chi connectivity index (χ2n) is 3.25. The highest BCUT2D eigenvalue weighted by atomic mass is 35.5. The lowest BCUT2D eigenvalue weighted by molar-refractivity contribution is -0.181. The molecule has 0 aliphatic heterocycles. The topological polar surface area (TPSA) is 72.7 Å². The van der Waals surface area contributed by atoms with Crippen molar-refractivity contribution in [2.45, 2.75) is 11.2 Å². The summed E-state index contributed by atoms with van der Waals surface area (Å²) >= 11 is 6.76. The number of halogens is 4. The average molecular weight is 336 g/mol. The summed E-state index contributed by atoms with van der Waals surface area (Å²) in [4.78, 5) is 9.30. The van der Waals surface area contributed by atoms with E-state index < -0.39 is 27.8 Å². The Balaban J connectivity index is 2.24. The fraction of sp³-hybridized carbons (Fsp3) is 0.286. The molecular weight excluding hydrogens is 331 g/mol. The van der Waals surface area contributed by atoms with Crippen LogP contribution in [0, 0.1) is 0 Å². The molecule has 1 N–H and O–H groups in total. The minimum absolute atomic E-state index is 0.293. The predicted octanol–water partition coefficient (Wildman–Crippen LogP) is 1.82. The monoisotopic (exact) mass is 335 g/mol. The van der Waals surface area contributed by atoms with E-state index in [0.29, 0.717) is 4.96 Å². The van der Waals surface area contributed by atoms with E-state index >= 15 is 0 Å². The molecule has 2 heterocycles. The van der Waals surface area contributed by atoms with Crippen LogP contribution < -0.4 is 4.89 Å². The van der Waals surface area contributed by atoms with Crippen LogP contribution in [-0.2, 0) is 14.9 Å². The van der Waals surface area contributed by atoms with Gasteiger partial charge in [0, 0.05) is 11.6 Å². The van der Waals surface area contributed by atoms with Gasteiger partial charge in [0.05, 0.1) is 0 Å². The first-order valence-corrected chi connectivity index (χ1v) is 7.26. The highest BCUT2D eigenvalue weighted by molar-refractivity contribution is 7.89. The van der Waals surface area contributed by atoms with Gasteiger partial charge in [-0.3, -0.25) is 9.24 Å². The third-order valence-electron chi connectivity index (χ3n) is 1.84. The van der Waals surface area contributed by atoms with Crippen molar-refractivity contribution in [3.8, 4) is 0 Å². The van der Waals surface area contributed by atoms with Crippen LogP contribution in [0.3, 0.4) is 0 Å². The van der Waals surface area contributed by atoms with E-state index in [4.69, 9.17) is 11.6 Å². The SMILES string of the molecule is O=S(=O)(NOCC(F)(F)F)c1c(Cl)nc2sccn12. The van der Waals surface area contributed by atoms with Gasteiger partial charge >= 0.3 is 6.18 Å². The number of rotatable bonds is 4. The Hall–Kier alpha value is -0.880. The molecule has 2 aromatic rings. The molecule has 2 rings (SSSR count). The van der Waals surface area contributed by atoms with Crippen molar-refractivity contribution in [3.05, 3.63) is 16.7 Å². The van der Waals surface area contributed by atoms with Gasteiger partial charge in [-0.05, 0) is 0 Å². The third kappa shape index (κ3) is 3.17. The molecule has 0 aromatic carbocycles. The molecule has 0 fully saturated rings. The van der Waals surface area contributed by atoms with E-state index in [1.165, 1.54) is 11.1 Å². The van der Waals surface area contributed by atoms with Gasteiger partial charge in [-0.2, -0.15) is 13.2 Å². The van der Waals surface area contributed by atoms with Crippen LogP contribution >= 0.6 is 22.9 Å². The molecule has 0 amide bonds. The van der Waals surface area contributed by atoms with E-state index in [2.05, 4.69) is 9.82 Å². The van der Waals surface area contributed by atoms with E-state index in [-0.39, 0.29) is 5.15 Å². The number of thiazole rings is 1. The van der Waals surface area contributed by atoms with Crippen LogP contribution in [-0.4, -0.2) is 30.6 Å². The second-order valence-corrected chi connectivity index (χ2v) is 6.05. The Bertz CT molecular complexity index is 693. The van der Waals surface area contributed by atoms with E-state index in [0.717, 1.165) is 15.7 Å². The molecule has 0 atom stereocenters. The number of hydrogen-bond acceptors (Lipinski definition) is 5. The zero-order valence-corrected chi connectivity index (χ0v) is 11.2. The van der Waals surface area contributed by atoms with Crippen LogP contribution in [0.4, 0.5) is 13.2 Å². The van der Waals surface area contributed by atoms with Crippen LogP contribution in [0.5, 0.6) is 0 Å². The predicted molar refractivity (Wildman–Crippen MR) is 60.4 cm³/mol. The molecule has 2 aromatic heterocycles. The van der Waals surface area contributed by atoms with Crippen molar-refractivity contribution in [3.63, 3.8) is 0 Å². The summed E-state index contributed by atoms with van der Waals surface area (Å²) < 4.78 is 60.2. The molecule has 19 heavy (non-hydrogen) atoms. The molecule has 0 aliphatic carbocycles. The second kappa shape index (κ2) is 4.90. The molecular formula is C7H5ClF3N3O3S2. The van der Waals surface area contributed by atoms with Crippen molar-refractivity contribution < 1.29 is 26.4 Å². The molecule has 6 nitrogen and oxygen atoms in total. The fourth-order valence-corrected chi connectivity index (χ4v) is 3.47. The Morgan fingerprint density at radius 1 is 1.53 bits per heavy atom. The fourth-order valence-electron chi connectivity index (χ4n) is 1.21. The third-order valence-corrected chi connectivity index (χ3v) is 4.21. The number of alkyl halides is 3. The first-order valence-electron chi connectivity index (χ1n) is 4.52. The Morgan fingerprint density at radius 3 is 2.84 bits per heavy atom. The standard InChI is InChI=1S/C7H5ClF3N3O3S2/c8-4-5(14-1-2-18-6(14)12-4)19(15,16)13-17-3-7(9,10)11/h1-2,13H,3H2. The van der Waals surface area contributed by atoms with E-state index in [1.54, 1.807) is 5.38 Å². The first-order chi connectivity index (χ1) is 8.71. The van der Waals surface area contributed by atoms with Crippen LogP contribution in [0.25, 0.3) is 4.96 Å². The minimum Gasteiger partial charge on any atom is -0.278 e. The summed E-state index contributed by atoms with van der Waals surface area (Å²) in [5.74, 6) is 0. The number of nitrogens with zero attached hydrogens (tertiary/aromatic N) is 2. The average Bonchev–Trinajstić information content (AvgIpc) is 2.73. The number of imidazole rings is 1. The molecule has 0 aliphatic rings. The zero-order valence-electron chi connectivity index (χ0n) is 8.81. The molecule has 0 saturated heterocycles. The Morgan fingerprint density at radius 2 is 2.21 bits per heavy atom. The van der Waals surface area contributed by atoms with Gasteiger partial charge in [0.1, 0.15) is 0 Å². The van der Waals surface area contributed by atoms with Crippen molar-refractivity contribution in [2.24, 2.45) is 0 Å². The maximum Gasteiger partial charge on any atom is 0.413 e. The van der Waals surface area contributed by atoms with E-state index in [9.17, 15) is 21.6 Å². The number of aromatic nitrogens is 2. The van der Waals surface area contributed by atoms with Gasteiger partial charge in [-0.1, -0.05) is 16.5 Å². The summed E-state index contributed by atoms with van der Waals surface area (Å²) in [6, 6.07) is 0. The zero-order chi connectivity index (χ0) is 14.3. The van der Waals surface area contributed by atoms with Crippen LogP contribution in [0.1, 0.15) is 0 Å². The largest absolute Gasteiger partial charge is 0.413 e. The lowest BCUT2D eigenvalue weighted by Gasteiger charge is -2.08. The van der Waals surface area contributed by atoms with Crippen molar-refractivity contribution in [2.75, 3.05) is 6.61 Å². The van der Waals surface area contributed by atoms with E-state index in [1.807, 2.05) is 0 Å². The lowest BCUT2D eigenvalue weighted by Crippen LogP contribution is -2.30. The summed E-state index contributed by atoms with van der Waals surface area (Å²) in [5.41, 5.74) is 0. The Kier molecular flexibility index (Phi) is 3.75. The van der Waals surface area contributed by atoms with Crippen molar-refractivity contribution >= 4 is 37.9 Å². The molecule has 0 radical (unpaired) electrons. The summed E-state index contributed by atoms with van der Waals surface area (Å²) in [5, 5.41) is 0.719. The molecule has 0 bridgehead atoms. The number of nitrogens with one attached hydrogen (secondary N) is 1. The molecule has 12 heteroatoms. The lowest BCUT2D eigenvalue weighted by atomic mass is 10.7. The van der Waals surface area contributed by atoms with Crippen molar-refractivity contribution in [1.29, 1.82) is 0 Å². The van der Waals surface area contributed by atoms with Crippen LogP contribution in [0.2, 0.25) is 5.15 Å². The normalized spacial score (nSPS) is 13.3. The Labute approximate surface area is 113 Å². The van der Waals surface area contributed by atoms with Crippen molar-refractivity contribution in [1.82, 2.24) is 14.3 Å². The number of fused-ring (bicyclic) bond motifs is 1. The number of sulfonamides is 1. The van der Waals surface area contributed by atoms with Gasteiger partial charge in [0.2, 0.25) is 0 Å². The smallest absolute Gasteiger partial charge is 0.278 e. The quantitative estimate of drug-likeness (QED) is 0.865. The molecule has 0 saturated carbocycles. The summed E-state index contributed by atoms with van der Waals surface area (Å²) in [7, 11) is -4.36. The summed E-state index contributed by atoms with van der Waals surface area (Å²) in [6.07, 6.45) is -3.28. The molecule has 0 spiro atoms. The highest BCUT2D eigenvalue weighted by Gasteiger charge is 2.31.